The van der Waals surface area contributed by atoms with Crippen LogP contribution in [0.3, 0.4) is 0 Å². The number of nitrogens with zero attached hydrogens (tertiary/aromatic N) is 1. The molecule has 2 rings (SSSR count). The molecule has 1 saturated heterocycles. The Bertz CT molecular complexity index is 343. The normalized spacial score (nSPS) is 16.1. The molecule has 1 aromatic rings. The molecule has 1 aliphatic heterocycles. The maximum Gasteiger partial charge on any atom is 0.231 e. The Hall–Kier alpha value is -1.36. The Morgan fingerprint density at radius 3 is 3.07 bits per heavy atom. The quantitative estimate of drug-likeness (QED) is 0.675. The number of anilines is 1. The van der Waals surface area contributed by atoms with Crippen LogP contribution >= 0.6 is 0 Å². The van der Waals surface area contributed by atoms with E-state index in [2.05, 4.69) is 27.8 Å². The van der Waals surface area contributed by atoms with E-state index in [0.717, 1.165) is 31.6 Å². The molecule has 0 unspecified atom stereocenters. The number of amides is 1. The zero-order valence-electron chi connectivity index (χ0n) is 8.84. The number of rotatable bonds is 4. The van der Waals surface area contributed by atoms with Crippen molar-refractivity contribution in [1.29, 1.82) is 0 Å². The SMILES string of the molecule is CCCc1cc(NC(=O)C2CNC2)n[nH]1. The van der Waals surface area contributed by atoms with Gasteiger partial charge in [0, 0.05) is 24.8 Å². The highest BCUT2D eigenvalue weighted by Crippen LogP contribution is 2.10. The lowest BCUT2D eigenvalue weighted by atomic mass is 10.0. The second kappa shape index (κ2) is 4.44. The average molecular weight is 208 g/mol. The number of aromatic nitrogens is 2. The molecular weight excluding hydrogens is 192 g/mol. The van der Waals surface area contributed by atoms with Gasteiger partial charge < -0.3 is 10.6 Å². The van der Waals surface area contributed by atoms with Crippen molar-refractivity contribution in [2.45, 2.75) is 19.8 Å². The van der Waals surface area contributed by atoms with Crippen molar-refractivity contribution in [2.24, 2.45) is 5.92 Å². The number of aryl methyl sites for hydroxylation is 1. The molecule has 0 aromatic carbocycles. The van der Waals surface area contributed by atoms with Gasteiger partial charge in [-0.15, -0.1) is 0 Å². The largest absolute Gasteiger partial charge is 0.315 e. The first kappa shape index (κ1) is 10.2. The molecule has 1 aromatic heterocycles. The van der Waals surface area contributed by atoms with Crippen molar-refractivity contribution in [3.8, 4) is 0 Å². The Balaban J connectivity index is 1.89. The second-order valence-corrected chi connectivity index (χ2v) is 3.87. The van der Waals surface area contributed by atoms with Gasteiger partial charge in [0.1, 0.15) is 0 Å². The minimum absolute atomic E-state index is 0.0586. The zero-order valence-corrected chi connectivity index (χ0v) is 8.84. The first-order valence-electron chi connectivity index (χ1n) is 5.35. The third kappa shape index (κ3) is 2.36. The van der Waals surface area contributed by atoms with Crippen LogP contribution in [0.5, 0.6) is 0 Å². The van der Waals surface area contributed by atoms with Gasteiger partial charge in [0.25, 0.3) is 0 Å². The summed E-state index contributed by atoms with van der Waals surface area (Å²) < 4.78 is 0. The number of H-pyrrole nitrogens is 1. The van der Waals surface area contributed by atoms with E-state index in [0.29, 0.717) is 5.82 Å². The molecule has 3 N–H and O–H groups in total. The molecule has 2 heterocycles. The van der Waals surface area contributed by atoms with Crippen LogP contribution in [0.15, 0.2) is 6.07 Å². The fraction of sp³-hybridized carbons (Fsp3) is 0.600. The predicted octanol–water partition coefficient (Wildman–Crippen LogP) is 0.520. The summed E-state index contributed by atoms with van der Waals surface area (Å²) in [6.45, 7) is 3.66. The summed E-state index contributed by atoms with van der Waals surface area (Å²) >= 11 is 0. The van der Waals surface area contributed by atoms with Crippen LogP contribution in [-0.4, -0.2) is 29.2 Å². The molecule has 0 bridgehead atoms. The lowest BCUT2D eigenvalue weighted by Crippen LogP contribution is -2.48. The third-order valence-electron chi connectivity index (χ3n) is 2.55. The summed E-state index contributed by atoms with van der Waals surface area (Å²) in [5.41, 5.74) is 1.07. The third-order valence-corrected chi connectivity index (χ3v) is 2.55. The number of hydrogen-bond donors (Lipinski definition) is 3. The van der Waals surface area contributed by atoms with Crippen LogP contribution in [0, 0.1) is 5.92 Å². The molecule has 0 spiro atoms. The van der Waals surface area contributed by atoms with Gasteiger partial charge in [0.15, 0.2) is 5.82 Å². The molecule has 15 heavy (non-hydrogen) atoms. The second-order valence-electron chi connectivity index (χ2n) is 3.87. The lowest BCUT2D eigenvalue weighted by molar-refractivity contribution is -0.121. The monoisotopic (exact) mass is 208 g/mol. The van der Waals surface area contributed by atoms with Crippen molar-refractivity contribution < 1.29 is 4.79 Å². The number of nitrogens with one attached hydrogen (secondary N) is 3. The van der Waals surface area contributed by atoms with Crippen LogP contribution in [-0.2, 0) is 11.2 Å². The van der Waals surface area contributed by atoms with E-state index in [1.807, 2.05) is 6.07 Å². The highest BCUT2D eigenvalue weighted by molar-refractivity contribution is 5.92. The Kier molecular flexibility index (Phi) is 3.01. The Labute approximate surface area is 88.6 Å². The Morgan fingerprint density at radius 1 is 1.67 bits per heavy atom. The van der Waals surface area contributed by atoms with Gasteiger partial charge in [-0.2, -0.15) is 5.10 Å². The van der Waals surface area contributed by atoms with E-state index in [1.165, 1.54) is 0 Å². The van der Waals surface area contributed by atoms with Crippen molar-refractivity contribution in [1.82, 2.24) is 15.5 Å². The van der Waals surface area contributed by atoms with Crippen LogP contribution < -0.4 is 10.6 Å². The van der Waals surface area contributed by atoms with Gasteiger partial charge >= 0.3 is 0 Å². The minimum atomic E-state index is 0.0586. The predicted molar refractivity (Wildman–Crippen MR) is 57.6 cm³/mol. The Morgan fingerprint density at radius 2 is 2.47 bits per heavy atom. The van der Waals surface area contributed by atoms with E-state index in [4.69, 9.17) is 0 Å². The number of aromatic amines is 1. The summed E-state index contributed by atoms with van der Waals surface area (Å²) in [6.07, 6.45) is 2.04. The molecular formula is C10H16N4O. The molecule has 5 nitrogen and oxygen atoms in total. The van der Waals surface area contributed by atoms with E-state index in [9.17, 15) is 4.79 Å². The maximum atomic E-state index is 11.6. The first-order chi connectivity index (χ1) is 7.29. The summed E-state index contributed by atoms with van der Waals surface area (Å²) in [4.78, 5) is 11.6. The van der Waals surface area contributed by atoms with Gasteiger partial charge in [0.2, 0.25) is 5.91 Å². The summed E-state index contributed by atoms with van der Waals surface area (Å²) in [7, 11) is 0. The van der Waals surface area contributed by atoms with Crippen molar-refractivity contribution in [2.75, 3.05) is 18.4 Å². The molecule has 0 saturated carbocycles. The summed E-state index contributed by atoms with van der Waals surface area (Å²) in [5.74, 6) is 0.801. The summed E-state index contributed by atoms with van der Waals surface area (Å²) in [5, 5.41) is 12.8. The van der Waals surface area contributed by atoms with Gasteiger partial charge in [-0.05, 0) is 6.42 Å². The van der Waals surface area contributed by atoms with Crippen molar-refractivity contribution in [3.63, 3.8) is 0 Å². The standard InChI is InChI=1S/C10H16N4O/c1-2-3-8-4-9(14-13-8)12-10(15)7-5-11-6-7/h4,7,11H,2-3,5-6H2,1H3,(H2,12,13,14,15). The lowest BCUT2D eigenvalue weighted by Gasteiger charge is -2.25. The molecule has 1 fully saturated rings. The minimum Gasteiger partial charge on any atom is -0.315 e. The van der Waals surface area contributed by atoms with Crippen LogP contribution in [0.4, 0.5) is 5.82 Å². The van der Waals surface area contributed by atoms with Crippen molar-refractivity contribution >= 4 is 11.7 Å². The molecule has 0 radical (unpaired) electrons. The molecule has 1 amide bonds. The fourth-order valence-corrected chi connectivity index (χ4v) is 1.53. The zero-order chi connectivity index (χ0) is 10.7. The smallest absolute Gasteiger partial charge is 0.231 e. The van der Waals surface area contributed by atoms with Gasteiger partial charge in [-0.1, -0.05) is 13.3 Å². The van der Waals surface area contributed by atoms with Crippen LogP contribution in [0.1, 0.15) is 19.0 Å². The topological polar surface area (TPSA) is 69.8 Å². The molecule has 0 aliphatic carbocycles. The van der Waals surface area contributed by atoms with Gasteiger partial charge in [0.05, 0.1) is 5.92 Å². The number of hydrogen-bond acceptors (Lipinski definition) is 3. The highest BCUT2D eigenvalue weighted by atomic mass is 16.2. The van der Waals surface area contributed by atoms with E-state index < -0.39 is 0 Å². The van der Waals surface area contributed by atoms with Gasteiger partial charge in [-0.3, -0.25) is 9.89 Å². The van der Waals surface area contributed by atoms with Crippen molar-refractivity contribution in [3.05, 3.63) is 11.8 Å². The maximum absolute atomic E-state index is 11.6. The van der Waals surface area contributed by atoms with Gasteiger partial charge in [-0.25, -0.2) is 0 Å². The number of carbonyl (C=O) groups is 1. The van der Waals surface area contributed by atoms with E-state index in [1.54, 1.807) is 0 Å². The summed E-state index contributed by atoms with van der Waals surface area (Å²) in [6, 6.07) is 1.90. The number of carbonyl (C=O) groups excluding carboxylic acids is 1. The van der Waals surface area contributed by atoms with E-state index in [-0.39, 0.29) is 11.8 Å². The van der Waals surface area contributed by atoms with Crippen LogP contribution in [0.2, 0.25) is 0 Å². The van der Waals surface area contributed by atoms with E-state index >= 15 is 0 Å². The fourth-order valence-electron chi connectivity index (χ4n) is 1.53. The molecule has 1 aliphatic rings. The first-order valence-corrected chi connectivity index (χ1v) is 5.35. The molecule has 5 heteroatoms. The average Bonchev–Trinajstić information content (AvgIpc) is 2.49. The molecule has 82 valence electrons. The highest BCUT2D eigenvalue weighted by Gasteiger charge is 2.25. The van der Waals surface area contributed by atoms with Crippen LogP contribution in [0.25, 0.3) is 0 Å². The molecule has 0 atom stereocenters.